The van der Waals surface area contributed by atoms with Crippen LogP contribution in [0.2, 0.25) is 10.0 Å². The van der Waals surface area contributed by atoms with E-state index in [0.717, 1.165) is 25.9 Å². The van der Waals surface area contributed by atoms with E-state index in [1.54, 1.807) is 18.2 Å². The molecule has 1 aliphatic heterocycles. The number of carbonyl (C=O) groups is 1. The Labute approximate surface area is 127 Å². The van der Waals surface area contributed by atoms with Crippen LogP contribution >= 0.6 is 23.2 Å². The van der Waals surface area contributed by atoms with Gasteiger partial charge in [-0.05, 0) is 37.5 Å². The number of hydrogen-bond donors (Lipinski definition) is 0. The van der Waals surface area contributed by atoms with Gasteiger partial charge in [0.1, 0.15) is 12.4 Å². The summed E-state index contributed by atoms with van der Waals surface area (Å²) in [5.41, 5.74) is 0. The average molecular weight is 319 g/mol. The van der Waals surface area contributed by atoms with Crippen molar-refractivity contribution < 1.29 is 19.0 Å². The Morgan fingerprint density at radius 2 is 2.20 bits per heavy atom. The molecule has 1 aliphatic rings. The first-order chi connectivity index (χ1) is 9.65. The molecule has 1 saturated heterocycles. The Bertz CT molecular complexity index is 458. The van der Waals surface area contributed by atoms with Crippen LogP contribution in [0.15, 0.2) is 18.2 Å². The number of rotatable bonds is 5. The highest BCUT2D eigenvalue weighted by molar-refractivity contribution is 6.35. The molecular formula is C14H16Cl2O4. The third-order valence-corrected chi connectivity index (χ3v) is 3.47. The first-order valence-electron chi connectivity index (χ1n) is 6.50. The summed E-state index contributed by atoms with van der Waals surface area (Å²) in [6, 6.07) is 4.81. The molecule has 2 rings (SSSR count). The summed E-state index contributed by atoms with van der Waals surface area (Å²) in [7, 11) is 0. The van der Waals surface area contributed by atoms with Crippen molar-refractivity contribution >= 4 is 29.2 Å². The fourth-order valence-electron chi connectivity index (χ4n) is 1.90. The summed E-state index contributed by atoms with van der Waals surface area (Å²) in [4.78, 5) is 11.6. The highest BCUT2D eigenvalue weighted by atomic mass is 35.5. The SMILES string of the molecule is O=C(COc1ccc(Cl)cc1Cl)OCC1CCCCO1. The fraction of sp³-hybridized carbons (Fsp3) is 0.500. The number of hydrogen-bond acceptors (Lipinski definition) is 4. The Kier molecular flexibility index (Phi) is 5.95. The number of benzene rings is 1. The molecule has 4 nitrogen and oxygen atoms in total. The minimum Gasteiger partial charge on any atom is -0.480 e. The van der Waals surface area contributed by atoms with E-state index in [4.69, 9.17) is 37.4 Å². The number of ether oxygens (including phenoxy) is 3. The minimum absolute atomic E-state index is 0.00631. The van der Waals surface area contributed by atoms with Crippen molar-refractivity contribution in [1.82, 2.24) is 0 Å². The summed E-state index contributed by atoms with van der Waals surface area (Å²) < 4.78 is 15.9. The van der Waals surface area contributed by atoms with Crippen LogP contribution < -0.4 is 4.74 Å². The van der Waals surface area contributed by atoms with E-state index in [1.165, 1.54) is 0 Å². The van der Waals surface area contributed by atoms with E-state index in [2.05, 4.69) is 0 Å². The molecule has 0 amide bonds. The van der Waals surface area contributed by atoms with Gasteiger partial charge < -0.3 is 14.2 Å². The Balaban J connectivity index is 1.71. The molecule has 1 aromatic rings. The van der Waals surface area contributed by atoms with Gasteiger partial charge in [0.25, 0.3) is 0 Å². The first-order valence-corrected chi connectivity index (χ1v) is 7.26. The van der Waals surface area contributed by atoms with Crippen LogP contribution in [0.5, 0.6) is 5.75 Å². The topological polar surface area (TPSA) is 44.8 Å². The zero-order valence-electron chi connectivity index (χ0n) is 10.9. The maximum absolute atomic E-state index is 11.6. The quantitative estimate of drug-likeness (QED) is 0.780. The van der Waals surface area contributed by atoms with Crippen LogP contribution in [-0.4, -0.2) is 31.9 Å². The van der Waals surface area contributed by atoms with E-state index in [-0.39, 0.29) is 19.3 Å². The van der Waals surface area contributed by atoms with E-state index >= 15 is 0 Å². The van der Waals surface area contributed by atoms with Gasteiger partial charge in [0.15, 0.2) is 6.61 Å². The van der Waals surface area contributed by atoms with Gasteiger partial charge in [-0.25, -0.2) is 4.79 Å². The molecule has 0 aromatic heterocycles. The first kappa shape index (κ1) is 15.4. The van der Waals surface area contributed by atoms with E-state index in [9.17, 15) is 4.79 Å². The van der Waals surface area contributed by atoms with Gasteiger partial charge >= 0.3 is 5.97 Å². The third-order valence-electron chi connectivity index (χ3n) is 2.94. The van der Waals surface area contributed by atoms with Crippen molar-refractivity contribution in [2.24, 2.45) is 0 Å². The molecule has 0 aliphatic carbocycles. The van der Waals surface area contributed by atoms with Crippen molar-refractivity contribution in [3.05, 3.63) is 28.2 Å². The largest absolute Gasteiger partial charge is 0.480 e. The smallest absolute Gasteiger partial charge is 0.344 e. The summed E-state index contributed by atoms with van der Waals surface area (Å²) in [5.74, 6) is -0.0351. The molecule has 0 N–H and O–H groups in total. The second kappa shape index (κ2) is 7.72. The van der Waals surface area contributed by atoms with Crippen LogP contribution in [0.1, 0.15) is 19.3 Å². The van der Waals surface area contributed by atoms with Gasteiger partial charge in [-0.15, -0.1) is 0 Å². The Morgan fingerprint density at radius 1 is 1.35 bits per heavy atom. The van der Waals surface area contributed by atoms with Crippen LogP contribution in [0.25, 0.3) is 0 Å². The van der Waals surface area contributed by atoms with Crippen molar-refractivity contribution in [1.29, 1.82) is 0 Å². The van der Waals surface area contributed by atoms with E-state index in [0.29, 0.717) is 15.8 Å². The summed E-state index contributed by atoms with van der Waals surface area (Å²) in [5, 5.41) is 0.875. The van der Waals surface area contributed by atoms with Crippen LogP contribution in [0.4, 0.5) is 0 Å². The summed E-state index contributed by atoms with van der Waals surface area (Å²) >= 11 is 11.7. The highest BCUT2D eigenvalue weighted by Gasteiger charge is 2.16. The van der Waals surface area contributed by atoms with E-state index < -0.39 is 5.97 Å². The van der Waals surface area contributed by atoms with Crippen molar-refractivity contribution in [3.8, 4) is 5.75 Å². The lowest BCUT2D eigenvalue weighted by atomic mass is 10.1. The van der Waals surface area contributed by atoms with Gasteiger partial charge in [0.2, 0.25) is 0 Å². The molecule has 20 heavy (non-hydrogen) atoms. The van der Waals surface area contributed by atoms with Gasteiger partial charge in [0.05, 0.1) is 11.1 Å². The molecule has 110 valence electrons. The maximum Gasteiger partial charge on any atom is 0.344 e. The normalized spacial score (nSPS) is 18.6. The predicted octanol–water partition coefficient (Wildman–Crippen LogP) is 3.48. The highest BCUT2D eigenvalue weighted by Crippen LogP contribution is 2.27. The lowest BCUT2D eigenvalue weighted by Crippen LogP contribution is -2.27. The summed E-state index contributed by atoms with van der Waals surface area (Å²) in [6.45, 7) is 0.823. The molecular weight excluding hydrogens is 303 g/mol. The van der Waals surface area contributed by atoms with Gasteiger partial charge in [-0.3, -0.25) is 0 Å². The fourth-order valence-corrected chi connectivity index (χ4v) is 2.36. The second-order valence-electron chi connectivity index (χ2n) is 4.54. The Morgan fingerprint density at radius 3 is 2.90 bits per heavy atom. The van der Waals surface area contributed by atoms with Crippen molar-refractivity contribution in [3.63, 3.8) is 0 Å². The molecule has 0 saturated carbocycles. The third kappa shape index (κ3) is 4.85. The van der Waals surface area contributed by atoms with Crippen LogP contribution in [-0.2, 0) is 14.3 Å². The lowest BCUT2D eigenvalue weighted by Gasteiger charge is -2.22. The average Bonchev–Trinajstić information content (AvgIpc) is 2.45. The van der Waals surface area contributed by atoms with Crippen LogP contribution in [0, 0.1) is 0 Å². The maximum atomic E-state index is 11.6. The monoisotopic (exact) mass is 318 g/mol. The molecule has 1 unspecified atom stereocenters. The van der Waals surface area contributed by atoms with E-state index in [1.807, 2.05) is 0 Å². The van der Waals surface area contributed by atoms with Gasteiger partial charge in [0, 0.05) is 11.6 Å². The number of esters is 1. The van der Waals surface area contributed by atoms with Crippen LogP contribution in [0.3, 0.4) is 0 Å². The second-order valence-corrected chi connectivity index (χ2v) is 5.38. The lowest BCUT2D eigenvalue weighted by molar-refractivity contribution is -0.151. The zero-order valence-corrected chi connectivity index (χ0v) is 12.5. The predicted molar refractivity (Wildman–Crippen MR) is 76.5 cm³/mol. The number of carbonyl (C=O) groups excluding carboxylic acids is 1. The van der Waals surface area contributed by atoms with Gasteiger partial charge in [-0.1, -0.05) is 23.2 Å². The Hall–Kier alpha value is -0.970. The molecule has 0 bridgehead atoms. The molecule has 6 heteroatoms. The molecule has 1 fully saturated rings. The van der Waals surface area contributed by atoms with Crippen molar-refractivity contribution in [2.75, 3.05) is 19.8 Å². The molecule has 1 atom stereocenters. The summed E-state index contributed by atoms with van der Waals surface area (Å²) in [6.07, 6.45) is 3.12. The molecule has 0 radical (unpaired) electrons. The molecule has 1 heterocycles. The standard InChI is InChI=1S/C14H16Cl2O4/c15-10-4-5-13(12(16)7-10)19-9-14(17)20-8-11-3-1-2-6-18-11/h4-5,7,11H,1-3,6,8-9H2. The number of halogens is 2. The van der Waals surface area contributed by atoms with Crippen molar-refractivity contribution in [2.45, 2.75) is 25.4 Å². The van der Waals surface area contributed by atoms with Gasteiger partial charge in [-0.2, -0.15) is 0 Å². The minimum atomic E-state index is -0.440. The molecule has 0 spiro atoms. The molecule has 1 aromatic carbocycles. The zero-order chi connectivity index (χ0) is 14.4.